The van der Waals surface area contributed by atoms with Crippen LogP contribution in [0.2, 0.25) is 0 Å². The van der Waals surface area contributed by atoms with Crippen LogP contribution < -0.4 is 4.72 Å². The Morgan fingerprint density at radius 2 is 2.21 bits per heavy atom. The smallest absolute Gasteiger partial charge is 0.242 e. The summed E-state index contributed by atoms with van der Waals surface area (Å²) >= 11 is 0. The van der Waals surface area contributed by atoms with Crippen molar-refractivity contribution in [3.8, 4) is 0 Å². The largest absolute Gasteiger partial charge is 0.374 e. The van der Waals surface area contributed by atoms with Gasteiger partial charge in [-0.25, -0.2) is 17.5 Å². The van der Waals surface area contributed by atoms with Crippen molar-refractivity contribution < 1.29 is 17.5 Å². The third-order valence-corrected chi connectivity index (χ3v) is 6.09. The Morgan fingerprint density at radius 1 is 1.38 bits per heavy atom. The summed E-state index contributed by atoms with van der Waals surface area (Å²) in [7, 11) is -3.81. The molecule has 0 bridgehead atoms. The number of benzene rings is 1. The van der Waals surface area contributed by atoms with E-state index in [9.17, 15) is 12.8 Å². The average molecular weight is 353 g/mol. The van der Waals surface area contributed by atoms with Crippen LogP contribution in [0.4, 0.5) is 4.39 Å². The number of hydrogen-bond donors (Lipinski definition) is 2. The standard InChI is InChI=1S/C16H20FN3O3S/c17-13-2-1-3-14-16(13)15(9-18-14)24(21,22)19-8-12-10-20(6-7-23-12)11-4-5-11/h1-3,9,11-12,18-19H,4-8,10H2. The van der Waals surface area contributed by atoms with Gasteiger partial charge in [-0.2, -0.15) is 0 Å². The van der Waals surface area contributed by atoms with Gasteiger partial charge in [0.1, 0.15) is 10.7 Å². The molecule has 130 valence electrons. The van der Waals surface area contributed by atoms with Gasteiger partial charge in [-0.05, 0) is 25.0 Å². The SMILES string of the molecule is O=S(=O)(NCC1CN(C2CC2)CCO1)c1c[nH]c2cccc(F)c12. The van der Waals surface area contributed by atoms with Gasteiger partial charge in [0.15, 0.2) is 0 Å². The van der Waals surface area contributed by atoms with E-state index in [2.05, 4.69) is 14.6 Å². The van der Waals surface area contributed by atoms with E-state index in [4.69, 9.17) is 4.74 Å². The maximum atomic E-state index is 14.0. The number of H-pyrrole nitrogens is 1. The fraction of sp³-hybridized carbons (Fsp3) is 0.500. The number of nitrogens with zero attached hydrogens (tertiary/aromatic N) is 1. The average Bonchev–Trinajstić information content (AvgIpc) is 3.32. The summed E-state index contributed by atoms with van der Waals surface area (Å²) in [5.74, 6) is -0.553. The molecule has 2 aromatic rings. The van der Waals surface area contributed by atoms with Gasteiger partial charge in [0.25, 0.3) is 0 Å². The fourth-order valence-corrected chi connectivity index (χ4v) is 4.49. The highest BCUT2D eigenvalue weighted by atomic mass is 32.2. The number of rotatable bonds is 5. The van der Waals surface area contributed by atoms with Gasteiger partial charge in [0.2, 0.25) is 10.0 Å². The normalized spacial score (nSPS) is 23.0. The Labute approximate surface area is 140 Å². The van der Waals surface area contributed by atoms with Gasteiger partial charge >= 0.3 is 0 Å². The molecule has 0 amide bonds. The summed E-state index contributed by atoms with van der Waals surface area (Å²) in [5, 5.41) is 0.0918. The Hall–Kier alpha value is -1.48. The van der Waals surface area contributed by atoms with Gasteiger partial charge in [0.05, 0.1) is 18.1 Å². The minimum absolute atomic E-state index is 0.0644. The first-order valence-corrected chi connectivity index (χ1v) is 9.64. The lowest BCUT2D eigenvalue weighted by atomic mass is 10.2. The zero-order valence-electron chi connectivity index (χ0n) is 13.2. The third kappa shape index (κ3) is 3.06. The first-order valence-electron chi connectivity index (χ1n) is 8.15. The van der Waals surface area contributed by atoms with Crippen molar-refractivity contribution in [1.29, 1.82) is 0 Å². The van der Waals surface area contributed by atoms with Crippen LogP contribution in [-0.4, -0.2) is 56.7 Å². The molecule has 0 spiro atoms. The molecule has 8 heteroatoms. The van der Waals surface area contributed by atoms with Gasteiger partial charge in [-0.15, -0.1) is 0 Å². The summed E-state index contributed by atoms with van der Waals surface area (Å²) in [6, 6.07) is 5.08. The summed E-state index contributed by atoms with van der Waals surface area (Å²) in [6.45, 7) is 2.44. The molecule has 24 heavy (non-hydrogen) atoms. The number of halogens is 1. The molecular weight excluding hydrogens is 333 g/mol. The molecule has 4 rings (SSSR count). The van der Waals surface area contributed by atoms with Crippen molar-refractivity contribution in [2.24, 2.45) is 0 Å². The lowest BCUT2D eigenvalue weighted by Crippen LogP contribution is -2.48. The molecule has 0 radical (unpaired) electrons. The van der Waals surface area contributed by atoms with Crippen LogP contribution in [0.3, 0.4) is 0 Å². The molecule has 2 N–H and O–H groups in total. The minimum Gasteiger partial charge on any atom is -0.374 e. The van der Waals surface area contributed by atoms with E-state index in [-0.39, 0.29) is 22.9 Å². The number of ether oxygens (including phenoxy) is 1. The quantitative estimate of drug-likeness (QED) is 0.853. The van der Waals surface area contributed by atoms with Gasteiger partial charge < -0.3 is 9.72 Å². The Balaban J connectivity index is 1.48. The van der Waals surface area contributed by atoms with E-state index in [0.29, 0.717) is 18.2 Å². The van der Waals surface area contributed by atoms with Crippen LogP contribution in [0.5, 0.6) is 0 Å². The molecule has 1 unspecified atom stereocenters. The minimum atomic E-state index is -3.81. The van der Waals surface area contributed by atoms with Crippen LogP contribution in [0.1, 0.15) is 12.8 Å². The molecule has 1 saturated carbocycles. The van der Waals surface area contributed by atoms with Crippen LogP contribution in [0.25, 0.3) is 10.9 Å². The third-order valence-electron chi connectivity index (χ3n) is 4.64. The lowest BCUT2D eigenvalue weighted by Gasteiger charge is -2.33. The molecule has 1 aromatic heterocycles. The Morgan fingerprint density at radius 3 is 3.00 bits per heavy atom. The van der Waals surface area contributed by atoms with Gasteiger partial charge in [-0.1, -0.05) is 6.07 Å². The number of fused-ring (bicyclic) bond motifs is 1. The highest BCUT2D eigenvalue weighted by Gasteiger charge is 2.33. The van der Waals surface area contributed by atoms with E-state index in [1.165, 1.54) is 25.1 Å². The second-order valence-electron chi connectivity index (χ2n) is 6.39. The van der Waals surface area contributed by atoms with Crippen molar-refractivity contribution in [2.45, 2.75) is 29.9 Å². The van der Waals surface area contributed by atoms with E-state index < -0.39 is 15.8 Å². The van der Waals surface area contributed by atoms with Crippen molar-refractivity contribution in [3.63, 3.8) is 0 Å². The summed E-state index contributed by atoms with van der Waals surface area (Å²) in [4.78, 5) is 5.10. The molecule has 1 atom stereocenters. The second-order valence-corrected chi connectivity index (χ2v) is 8.12. The molecule has 2 aliphatic rings. The number of morpholine rings is 1. The monoisotopic (exact) mass is 353 g/mol. The molecule has 1 aliphatic carbocycles. The highest BCUT2D eigenvalue weighted by Crippen LogP contribution is 2.28. The number of aromatic nitrogens is 1. The number of hydrogen-bond acceptors (Lipinski definition) is 4. The molecule has 1 aliphatic heterocycles. The van der Waals surface area contributed by atoms with E-state index in [1.54, 1.807) is 12.1 Å². The van der Waals surface area contributed by atoms with Crippen molar-refractivity contribution in [2.75, 3.05) is 26.2 Å². The molecule has 2 heterocycles. The van der Waals surface area contributed by atoms with Gasteiger partial charge in [-0.3, -0.25) is 4.90 Å². The molecular formula is C16H20FN3O3S. The van der Waals surface area contributed by atoms with Gasteiger partial charge in [0, 0.05) is 37.4 Å². The predicted octanol–water partition coefficient (Wildman–Crippen LogP) is 1.45. The maximum absolute atomic E-state index is 14.0. The second kappa shape index (κ2) is 6.11. The van der Waals surface area contributed by atoms with Crippen molar-refractivity contribution in [1.82, 2.24) is 14.6 Å². The molecule has 2 fully saturated rings. The zero-order chi connectivity index (χ0) is 16.7. The number of aromatic amines is 1. The van der Waals surface area contributed by atoms with E-state index >= 15 is 0 Å². The lowest BCUT2D eigenvalue weighted by molar-refractivity contribution is -0.0277. The molecule has 6 nitrogen and oxygen atoms in total. The molecule has 1 saturated heterocycles. The number of sulfonamides is 1. The van der Waals surface area contributed by atoms with Crippen molar-refractivity contribution >= 4 is 20.9 Å². The Kier molecular flexibility index (Phi) is 4.07. The fourth-order valence-electron chi connectivity index (χ4n) is 3.24. The Bertz CT molecular complexity index is 847. The number of nitrogens with one attached hydrogen (secondary N) is 2. The topological polar surface area (TPSA) is 74.4 Å². The summed E-state index contributed by atoms with van der Waals surface area (Å²) < 4.78 is 47.4. The predicted molar refractivity (Wildman–Crippen MR) is 87.8 cm³/mol. The van der Waals surface area contributed by atoms with Crippen LogP contribution in [-0.2, 0) is 14.8 Å². The van der Waals surface area contributed by atoms with Crippen LogP contribution in [0.15, 0.2) is 29.3 Å². The zero-order valence-corrected chi connectivity index (χ0v) is 14.0. The highest BCUT2D eigenvalue weighted by molar-refractivity contribution is 7.89. The first kappa shape index (κ1) is 16.0. The molecule has 1 aromatic carbocycles. The van der Waals surface area contributed by atoms with E-state index in [0.717, 1.165) is 13.1 Å². The van der Waals surface area contributed by atoms with E-state index in [1.807, 2.05) is 0 Å². The summed E-state index contributed by atoms with van der Waals surface area (Å²) in [6.07, 6.45) is 3.58. The van der Waals surface area contributed by atoms with Crippen LogP contribution in [0, 0.1) is 5.82 Å². The maximum Gasteiger partial charge on any atom is 0.242 e. The summed E-state index contributed by atoms with van der Waals surface area (Å²) in [5.41, 5.74) is 0.462. The van der Waals surface area contributed by atoms with Crippen molar-refractivity contribution in [3.05, 3.63) is 30.2 Å². The first-order chi connectivity index (χ1) is 11.5. The van der Waals surface area contributed by atoms with Crippen LogP contribution >= 0.6 is 0 Å².